The smallest absolute Gasteiger partial charge is 0.205 e. The number of nitrogens with zero attached hydrogens (tertiary/aromatic N) is 5. The van der Waals surface area contributed by atoms with Gasteiger partial charge in [0.15, 0.2) is 0 Å². The maximum Gasteiger partial charge on any atom is 0.205 e. The molecule has 0 unspecified atom stereocenters. The SMILES string of the molecule is CCc1nsc(N2CCC[C@H](N(C)Cc3ccccn3)CC2)n1. The molecule has 23 heavy (non-hydrogen) atoms. The zero-order valence-corrected chi connectivity index (χ0v) is 14.8. The minimum Gasteiger partial charge on any atom is -0.347 e. The fraction of sp³-hybridized carbons (Fsp3) is 0.588. The number of hydrogen-bond donors (Lipinski definition) is 0. The Balaban J connectivity index is 1.57. The molecule has 2 aromatic heterocycles. The second-order valence-electron chi connectivity index (χ2n) is 6.15. The largest absolute Gasteiger partial charge is 0.347 e. The number of pyridine rings is 1. The van der Waals surface area contributed by atoms with Crippen LogP contribution in [-0.2, 0) is 13.0 Å². The highest BCUT2D eigenvalue weighted by molar-refractivity contribution is 7.09. The van der Waals surface area contributed by atoms with Gasteiger partial charge in [-0.1, -0.05) is 13.0 Å². The Bertz CT molecular complexity index is 600. The molecule has 124 valence electrons. The highest BCUT2D eigenvalue weighted by Crippen LogP contribution is 2.23. The summed E-state index contributed by atoms with van der Waals surface area (Å²) < 4.78 is 4.42. The molecule has 1 fully saturated rings. The Hall–Kier alpha value is -1.53. The average Bonchev–Trinajstić information content (AvgIpc) is 2.92. The van der Waals surface area contributed by atoms with Crippen LogP contribution < -0.4 is 4.90 Å². The topological polar surface area (TPSA) is 45.2 Å². The molecule has 0 aromatic carbocycles. The van der Waals surface area contributed by atoms with Crippen molar-refractivity contribution in [2.24, 2.45) is 0 Å². The van der Waals surface area contributed by atoms with Gasteiger partial charge in [0.2, 0.25) is 5.13 Å². The lowest BCUT2D eigenvalue weighted by molar-refractivity contribution is 0.215. The van der Waals surface area contributed by atoms with E-state index in [1.165, 1.54) is 19.3 Å². The van der Waals surface area contributed by atoms with Crippen LogP contribution in [0.5, 0.6) is 0 Å². The monoisotopic (exact) mass is 331 g/mol. The predicted octanol–water partition coefficient (Wildman–Crippen LogP) is 2.99. The number of aromatic nitrogens is 3. The van der Waals surface area contributed by atoms with E-state index in [0.29, 0.717) is 6.04 Å². The van der Waals surface area contributed by atoms with Gasteiger partial charge in [0.1, 0.15) is 5.82 Å². The number of aryl methyl sites for hydroxylation is 1. The normalized spacial score (nSPS) is 19.1. The van der Waals surface area contributed by atoms with Crippen LogP contribution in [-0.4, -0.2) is 45.4 Å². The van der Waals surface area contributed by atoms with Crippen LogP contribution in [0, 0.1) is 0 Å². The average molecular weight is 331 g/mol. The van der Waals surface area contributed by atoms with E-state index in [0.717, 1.165) is 42.7 Å². The van der Waals surface area contributed by atoms with E-state index in [1.807, 2.05) is 12.3 Å². The van der Waals surface area contributed by atoms with Gasteiger partial charge in [-0.2, -0.15) is 4.37 Å². The lowest BCUT2D eigenvalue weighted by Crippen LogP contribution is -2.33. The summed E-state index contributed by atoms with van der Waals surface area (Å²) in [7, 11) is 2.22. The Morgan fingerprint density at radius 3 is 2.96 bits per heavy atom. The summed E-state index contributed by atoms with van der Waals surface area (Å²) in [4.78, 5) is 13.9. The first-order chi connectivity index (χ1) is 11.3. The Morgan fingerprint density at radius 2 is 2.22 bits per heavy atom. The fourth-order valence-corrected chi connectivity index (χ4v) is 3.91. The molecule has 1 saturated heterocycles. The van der Waals surface area contributed by atoms with Crippen molar-refractivity contribution in [3.8, 4) is 0 Å². The van der Waals surface area contributed by atoms with E-state index in [-0.39, 0.29) is 0 Å². The van der Waals surface area contributed by atoms with Crippen LogP contribution in [0.15, 0.2) is 24.4 Å². The quantitative estimate of drug-likeness (QED) is 0.843. The molecule has 1 aliphatic rings. The third-order valence-corrected chi connectivity index (χ3v) is 5.32. The molecule has 0 bridgehead atoms. The second-order valence-corrected chi connectivity index (χ2v) is 6.88. The number of anilines is 1. The first kappa shape index (κ1) is 16.3. The minimum atomic E-state index is 0.612. The molecule has 6 heteroatoms. The van der Waals surface area contributed by atoms with Crippen LogP contribution in [0.25, 0.3) is 0 Å². The minimum absolute atomic E-state index is 0.612. The lowest BCUT2D eigenvalue weighted by Gasteiger charge is -2.26. The molecular weight excluding hydrogens is 306 g/mol. The molecule has 0 radical (unpaired) electrons. The van der Waals surface area contributed by atoms with Crippen molar-refractivity contribution in [3.05, 3.63) is 35.9 Å². The van der Waals surface area contributed by atoms with E-state index in [2.05, 4.69) is 50.2 Å². The number of rotatable bonds is 5. The van der Waals surface area contributed by atoms with Crippen LogP contribution >= 0.6 is 11.5 Å². The van der Waals surface area contributed by atoms with E-state index in [1.54, 1.807) is 11.5 Å². The maximum atomic E-state index is 4.64. The van der Waals surface area contributed by atoms with E-state index < -0.39 is 0 Å². The molecule has 0 N–H and O–H groups in total. The zero-order valence-electron chi connectivity index (χ0n) is 14.0. The van der Waals surface area contributed by atoms with E-state index in [4.69, 9.17) is 0 Å². The first-order valence-electron chi connectivity index (χ1n) is 8.44. The fourth-order valence-electron chi connectivity index (χ4n) is 3.10. The summed E-state index contributed by atoms with van der Waals surface area (Å²) in [6.07, 6.45) is 6.40. The van der Waals surface area contributed by atoms with Gasteiger partial charge in [-0.25, -0.2) is 4.98 Å². The van der Waals surface area contributed by atoms with Crippen molar-refractivity contribution < 1.29 is 0 Å². The van der Waals surface area contributed by atoms with Gasteiger partial charge in [-0.3, -0.25) is 9.88 Å². The van der Waals surface area contributed by atoms with Gasteiger partial charge in [0.05, 0.1) is 5.69 Å². The molecule has 5 nitrogen and oxygen atoms in total. The molecule has 3 rings (SSSR count). The summed E-state index contributed by atoms with van der Waals surface area (Å²) in [5.41, 5.74) is 1.15. The van der Waals surface area contributed by atoms with Crippen molar-refractivity contribution in [2.75, 3.05) is 25.0 Å². The molecule has 1 aliphatic heterocycles. The maximum absolute atomic E-state index is 4.64. The molecule has 0 amide bonds. The summed E-state index contributed by atoms with van der Waals surface area (Å²) in [5, 5.41) is 1.09. The van der Waals surface area contributed by atoms with Gasteiger partial charge < -0.3 is 4.90 Å². The van der Waals surface area contributed by atoms with Gasteiger partial charge in [0.25, 0.3) is 0 Å². The summed E-state index contributed by atoms with van der Waals surface area (Å²) in [5.74, 6) is 0.970. The van der Waals surface area contributed by atoms with Crippen LogP contribution in [0.4, 0.5) is 5.13 Å². The molecule has 1 atom stereocenters. The highest BCUT2D eigenvalue weighted by atomic mass is 32.1. The predicted molar refractivity (Wildman–Crippen MR) is 94.8 cm³/mol. The van der Waals surface area contributed by atoms with Crippen LogP contribution in [0.2, 0.25) is 0 Å². The Kier molecular flexibility index (Phi) is 5.56. The van der Waals surface area contributed by atoms with Crippen LogP contribution in [0.1, 0.15) is 37.7 Å². The van der Waals surface area contributed by atoms with Crippen molar-refractivity contribution in [2.45, 2.75) is 45.2 Å². The van der Waals surface area contributed by atoms with Crippen molar-refractivity contribution >= 4 is 16.7 Å². The molecular formula is C17H25N5S. The zero-order chi connectivity index (χ0) is 16.1. The molecule has 0 spiro atoms. The van der Waals surface area contributed by atoms with Gasteiger partial charge >= 0.3 is 0 Å². The van der Waals surface area contributed by atoms with Crippen molar-refractivity contribution in [1.29, 1.82) is 0 Å². The van der Waals surface area contributed by atoms with Crippen LogP contribution in [0.3, 0.4) is 0 Å². The lowest BCUT2D eigenvalue weighted by atomic mass is 10.1. The summed E-state index contributed by atoms with van der Waals surface area (Å²) in [6, 6.07) is 6.75. The van der Waals surface area contributed by atoms with Crippen molar-refractivity contribution in [1.82, 2.24) is 19.2 Å². The Morgan fingerprint density at radius 1 is 1.30 bits per heavy atom. The third kappa shape index (κ3) is 4.26. The van der Waals surface area contributed by atoms with Gasteiger partial charge in [-0.15, -0.1) is 0 Å². The standard InChI is InChI=1S/C17H25N5S/c1-3-16-19-17(23-20-16)22-11-6-8-15(9-12-22)21(2)13-14-7-4-5-10-18-14/h4-5,7,10,15H,3,6,8-9,11-13H2,1-2H3/t15-/m0/s1. The molecule has 3 heterocycles. The molecule has 0 aliphatic carbocycles. The summed E-state index contributed by atoms with van der Waals surface area (Å²) in [6.45, 7) is 5.18. The van der Waals surface area contributed by atoms with Crippen molar-refractivity contribution in [3.63, 3.8) is 0 Å². The Labute approximate surface area is 142 Å². The third-order valence-electron chi connectivity index (χ3n) is 4.50. The van der Waals surface area contributed by atoms with E-state index >= 15 is 0 Å². The molecule has 0 saturated carbocycles. The highest BCUT2D eigenvalue weighted by Gasteiger charge is 2.22. The first-order valence-corrected chi connectivity index (χ1v) is 9.21. The second kappa shape index (κ2) is 7.84. The number of hydrogen-bond acceptors (Lipinski definition) is 6. The van der Waals surface area contributed by atoms with Gasteiger partial charge in [-0.05, 0) is 38.4 Å². The molecule has 2 aromatic rings. The van der Waals surface area contributed by atoms with E-state index in [9.17, 15) is 0 Å². The summed E-state index contributed by atoms with van der Waals surface area (Å²) >= 11 is 1.54. The van der Waals surface area contributed by atoms with Gasteiger partial charge in [0, 0.05) is 49.8 Å².